The summed E-state index contributed by atoms with van der Waals surface area (Å²) in [5, 5.41) is 0. The first-order valence-corrected chi connectivity index (χ1v) is 11.2. The van der Waals surface area contributed by atoms with Crippen molar-refractivity contribution in [1.29, 1.82) is 0 Å². The maximum absolute atomic E-state index is 11.7. The molecule has 1 saturated heterocycles. The summed E-state index contributed by atoms with van der Waals surface area (Å²) in [6.07, 6.45) is 8.31. The molecule has 1 amide bonds. The van der Waals surface area contributed by atoms with Gasteiger partial charge >= 0.3 is 0 Å². The molecule has 1 saturated carbocycles. The van der Waals surface area contributed by atoms with E-state index in [1.165, 1.54) is 36.9 Å². The molecule has 0 bridgehead atoms. The minimum Gasteiger partial charge on any atom is -0.339 e. The molecular weight excluding hydrogens is 372 g/mol. The van der Waals surface area contributed by atoms with Crippen LogP contribution in [0.2, 0.25) is 0 Å². The molecule has 30 heavy (non-hydrogen) atoms. The van der Waals surface area contributed by atoms with E-state index in [1.54, 1.807) is 0 Å². The fourth-order valence-electron chi connectivity index (χ4n) is 5.27. The number of piperazine rings is 1. The number of aryl methyl sites for hydroxylation is 1. The Balaban J connectivity index is 1.46. The van der Waals surface area contributed by atoms with Crippen molar-refractivity contribution in [2.24, 2.45) is 5.92 Å². The minimum atomic E-state index is 0.348. The summed E-state index contributed by atoms with van der Waals surface area (Å²) in [5.41, 5.74) is 5.71. The monoisotopic (exact) mass is 402 g/mol. The van der Waals surface area contributed by atoms with Crippen LogP contribution in [-0.4, -0.2) is 51.3 Å². The maximum Gasteiger partial charge on any atom is 0.210 e. The second-order valence-corrected chi connectivity index (χ2v) is 8.89. The Labute approximate surface area is 178 Å². The molecule has 5 nitrogen and oxygen atoms in total. The van der Waals surface area contributed by atoms with Crippen LogP contribution in [-0.2, 0) is 11.3 Å². The molecule has 0 spiro atoms. The van der Waals surface area contributed by atoms with Gasteiger partial charge in [-0.3, -0.25) is 9.69 Å². The molecule has 0 radical (unpaired) electrons. The van der Waals surface area contributed by atoms with Gasteiger partial charge in [0, 0.05) is 44.0 Å². The third kappa shape index (κ3) is 3.63. The number of imidazole rings is 1. The van der Waals surface area contributed by atoms with Gasteiger partial charge in [-0.1, -0.05) is 48.7 Å². The zero-order chi connectivity index (χ0) is 20.5. The van der Waals surface area contributed by atoms with Crippen LogP contribution in [0.1, 0.15) is 36.9 Å². The van der Waals surface area contributed by atoms with E-state index in [0.717, 1.165) is 49.5 Å². The van der Waals surface area contributed by atoms with Crippen LogP contribution in [0.3, 0.4) is 0 Å². The molecular formula is C25H30N4O. The van der Waals surface area contributed by atoms with Crippen molar-refractivity contribution in [3.05, 3.63) is 59.9 Å². The van der Waals surface area contributed by atoms with Gasteiger partial charge in [-0.15, -0.1) is 0 Å². The number of pyridine rings is 1. The number of amides is 1. The predicted molar refractivity (Wildman–Crippen MR) is 119 cm³/mol. The lowest BCUT2D eigenvalue weighted by molar-refractivity contribution is -0.124. The molecule has 3 heterocycles. The lowest BCUT2D eigenvalue weighted by Crippen LogP contribution is -2.54. The Morgan fingerprint density at radius 3 is 2.63 bits per heavy atom. The first-order chi connectivity index (χ1) is 14.7. The summed E-state index contributed by atoms with van der Waals surface area (Å²) in [6, 6.07) is 15.2. The Hall–Kier alpha value is -2.66. The van der Waals surface area contributed by atoms with Gasteiger partial charge in [0.15, 0.2) is 0 Å². The van der Waals surface area contributed by atoms with Crippen LogP contribution < -0.4 is 0 Å². The van der Waals surface area contributed by atoms with Crippen LogP contribution in [0.25, 0.3) is 16.9 Å². The van der Waals surface area contributed by atoms with E-state index in [0.29, 0.717) is 12.0 Å². The Kier molecular flexibility index (Phi) is 5.30. The van der Waals surface area contributed by atoms with Crippen molar-refractivity contribution >= 4 is 12.1 Å². The highest BCUT2D eigenvalue weighted by Crippen LogP contribution is 2.33. The normalized spacial score (nSPS) is 20.8. The number of rotatable bonds is 5. The molecule has 2 fully saturated rings. The molecule has 5 heteroatoms. The second-order valence-electron chi connectivity index (χ2n) is 8.89. The van der Waals surface area contributed by atoms with Gasteiger partial charge in [0.25, 0.3) is 0 Å². The number of fused-ring (bicyclic) bond motifs is 1. The Morgan fingerprint density at radius 1 is 1.07 bits per heavy atom. The molecule has 1 aromatic carbocycles. The maximum atomic E-state index is 11.7. The number of carbonyl (C=O) groups is 1. The molecule has 1 aliphatic carbocycles. The number of nitrogens with zero attached hydrogens (tertiary/aromatic N) is 4. The van der Waals surface area contributed by atoms with E-state index in [2.05, 4.69) is 63.7 Å². The lowest BCUT2D eigenvalue weighted by atomic mass is 9.94. The molecule has 156 valence electrons. The Morgan fingerprint density at radius 2 is 1.87 bits per heavy atom. The fraction of sp³-hybridized carbons (Fsp3) is 0.440. The largest absolute Gasteiger partial charge is 0.339 e. The van der Waals surface area contributed by atoms with E-state index in [1.807, 2.05) is 6.07 Å². The van der Waals surface area contributed by atoms with Crippen molar-refractivity contribution in [1.82, 2.24) is 19.2 Å². The number of carbonyl (C=O) groups excluding carboxylic acids is 1. The molecule has 1 unspecified atom stereocenters. The highest BCUT2D eigenvalue weighted by Gasteiger charge is 2.34. The van der Waals surface area contributed by atoms with E-state index >= 15 is 0 Å². The first-order valence-electron chi connectivity index (χ1n) is 11.2. The van der Waals surface area contributed by atoms with Gasteiger partial charge in [-0.05, 0) is 37.8 Å². The number of hydrogen-bond donors (Lipinski definition) is 0. The first kappa shape index (κ1) is 19.3. The smallest absolute Gasteiger partial charge is 0.210 e. The molecule has 1 aliphatic heterocycles. The summed E-state index contributed by atoms with van der Waals surface area (Å²) in [5.74, 6) is 0.650. The van der Waals surface area contributed by atoms with E-state index in [4.69, 9.17) is 4.98 Å². The molecule has 2 aromatic heterocycles. The minimum absolute atomic E-state index is 0.348. The SMILES string of the molecule is Cc1ccc(-c2nc3ccccn3c2CN2CCN(C=O)C(C3CCCC3)C2)cc1. The Bertz CT molecular complexity index is 1020. The quantitative estimate of drug-likeness (QED) is 0.602. The van der Waals surface area contributed by atoms with Gasteiger partial charge in [-0.2, -0.15) is 0 Å². The molecule has 1 atom stereocenters. The number of aromatic nitrogens is 2. The molecule has 5 rings (SSSR count). The molecule has 2 aliphatic rings. The van der Waals surface area contributed by atoms with Gasteiger partial charge < -0.3 is 9.30 Å². The molecule has 3 aromatic rings. The average Bonchev–Trinajstić information content (AvgIpc) is 3.43. The standard InChI is InChI=1S/C25H30N4O/c1-19-9-11-21(12-10-19)25-23(29-13-5-4-8-24(29)26-25)17-27-14-15-28(18-30)22(16-27)20-6-2-3-7-20/h4-5,8-13,18,20,22H,2-3,6-7,14-17H2,1H3. The van der Waals surface area contributed by atoms with Gasteiger partial charge in [0.1, 0.15) is 5.65 Å². The van der Waals surface area contributed by atoms with Gasteiger partial charge in [0.05, 0.1) is 11.4 Å². The average molecular weight is 403 g/mol. The summed E-state index contributed by atoms with van der Waals surface area (Å²) >= 11 is 0. The predicted octanol–water partition coefficient (Wildman–Crippen LogP) is 4.14. The van der Waals surface area contributed by atoms with Crippen LogP contribution in [0.15, 0.2) is 48.7 Å². The zero-order valence-corrected chi connectivity index (χ0v) is 17.7. The number of benzene rings is 1. The van der Waals surface area contributed by atoms with Crippen molar-refractivity contribution in [3.63, 3.8) is 0 Å². The van der Waals surface area contributed by atoms with E-state index in [9.17, 15) is 4.79 Å². The van der Waals surface area contributed by atoms with Crippen molar-refractivity contribution in [3.8, 4) is 11.3 Å². The zero-order valence-electron chi connectivity index (χ0n) is 17.7. The highest BCUT2D eigenvalue weighted by atomic mass is 16.1. The van der Waals surface area contributed by atoms with Crippen molar-refractivity contribution in [2.75, 3.05) is 19.6 Å². The summed E-state index contributed by atoms with van der Waals surface area (Å²) in [4.78, 5) is 21.2. The summed E-state index contributed by atoms with van der Waals surface area (Å²) in [6.45, 7) is 5.65. The number of hydrogen-bond acceptors (Lipinski definition) is 3. The fourth-order valence-corrected chi connectivity index (χ4v) is 5.27. The van der Waals surface area contributed by atoms with Crippen molar-refractivity contribution in [2.45, 2.75) is 45.2 Å². The summed E-state index contributed by atoms with van der Waals surface area (Å²) in [7, 11) is 0. The lowest BCUT2D eigenvalue weighted by Gasteiger charge is -2.42. The van der Waals surface area contributed by atoms with E-state index in [-0.39, 0.29) is 0 Å². The molecule has 0 N–H and O–H groups in total. The third-order valence-electron chi connectivity index (χ3n) is 6.95. The third-order valence-corrected chi connectivity index (χ3v) is 6.95. The van der Waals surface area contributed by atoms with Crippen LogP contribution in [0, 0.1) is 12.8 Å². The van der Waals surface area contributed by atoms with Crippen molar-refractivity contribution < 1.29 is 4.79 Å². The van der Waals surface area contributed by atoms with Crippen LogP contribution in [0.4, 0.5) is 0 Å². The summed E-state index contributed by atoms with van der Waals surface area (Å²) < 4.78 is 2.23. The van der Waals surface area contributed by atoms with Gasteiger partial charge in [-0.25, -0.2) is 4.98 Å². The van der Waals surface area contributed by atoms with Gasteiger partial charge in [0.2, 0.25) is 6.41 Å². The second kappa shape index (κ2) is 8.23. The highest BCUT2D eigenvalue weighted by molar-refractivity contribution is 5.66. The van der Waals surface area contributed by atoms with Crippen LogP contribution in [0.5, 0.6) is 0 Å². The van der Waals surface area contributed by atoms with E-state index < -0.39 is 0 Å². The topological polar surface area (TPSA) is 40.9 Å². The van der Waals surface area contributed by atoms with Crippen LogP contribution >= 0.6 is 0 Å².